The van der Waals surface area contributed by atoms with Gasteiger partial charge in [-0.1, -0.05) is 29.8 Å². The van der Waals surface area contributed by atoms with Crippen LogP contribution in [0.1, 0.15) is 0 Å². The molecule has 0 unspecified atom stereocenters. The molecule has 2 aliphatic rings. The molecule has 4 rings (SSSR count). The molecule has 2 aromatic carbocycles. The minimum atomic E-state index is -3.25. The topological polar surface area (TPSA) is 66.9 Å². The molecule has 2 atom stereocenters. The summed E-state index contributed by atoms with van der Waals surface area (Å²) in [6, 6.07) is 12.8. The molecule has 26 heavy (non-hydrogen) atoms. The van der Waals surface area contributed by atoms with E-state index in [0.717, 1.165) is 0 Å². The number of urea groups is 1. The van der Waals surface area contributed by atoms with E-state index in [4.69, 9.17) is 16.3 Å². The molecular weight excluding hydrogens is 376 g/mol. The maximum Gasteiger partial charge on any atom is 0.329 e. The minimum absolute atomic E-state index is 0.0679. The van der Waals surface area contributed by atoms with Gasteiger partial charge in [-0.15, -0.1) is 0 Å². The lowest BCUT2D eigenvalue weighted by Crippen LogP contribution is -2.38. The number of anilines is 2. The van der Waals surface area contributed by atoms with Crippen LogP contribution in [0.3, 0.4) is 0 Å². The quantitative estimate of drug-likeness (QED) is 0.753. The molecule has 0 aliphatic carbocycles. The Morgan fingerprint density at radius 1 is 1.04 bits per heavy atom. The van der Waals surface area contributed by atoms with E-state index < -0.39 is 21.9 Å². The number of carbonyl (C=O) groups excluding carboxylic acids is 1. The normalized spacial score (nSPS) is 24.0. The highest BCUT2D eigenvalue weighted by molar-refractivity contribution is 7.91. The lowest BCUT2D eigenvalue weighted by atomic mass is 10.1. The van der Waals surface area contributed by atoms with Gasteiger partial charge in [-0.05, 0) is 30.3 Å². The van der Waals surface area contributed by atoms with Crippen LogP contribution in [-0.4, -0.2) is 45.1 Å². The Morgan fingerprint density at radius 3 is 2.42 bits per heavy atom. The van der Waals surface area contributed by atoms with Gasteiger partial charge in [0.1, 0.15) is 5.75 Å². The third kappa shape index (κ3) is 2.71. The summed E-state index contributed by atoms with van der Waals surface area (Å²) in [6.45, 7) is 0. The summed E-state index contributed by atoms with van der Waals surface area (Å²) in [7, 11) is -1.73. The number of carbonyl (C=O) groups is 1. The molecule has 2 saturated heterocycles. The Hall–Kier alpha value is -2.25. The summed E-state index contributed by atoms with van der Waals surface area (Å²) in [5.74, 6) is 0.386. The standard InChI is InChI=1S/C18H17ClN2O4S/c1-25-17-8-3-2-7-14(17)21-16-11-26(23,24)10-15(16)20(18(21)22)13-6-4-5-12(19)9-13/h2-9,15-16H,10-11H2,1H3/t15-,16+/m1/s1. The van der Waals surface area contributed by atoms with Crippen molar-refractivity contribution in [3.05, 3.63) is 53.6 Å². The maximum absolute atomic E-state index is 13.3. The fourth-order valence-electron chi connectivity index (χ4n) is 3.74. The predicted molar refractivity (Wildman–Crippen MR) is 101 cm³/mol. The van der Waals surface area contributed by atoms with E-state index in [1.54, 1.807) is 48.5 Å². The summed E-state index contributed by atoms with van der Waals surface area (Å²) in [5, 5.41) is 0.489. The summed E-state index contributed by atoms with van der Waals surface area (Å²) in [5.41, 5.74) is 1.16. The van der Waals surface area contributed by atoms with Crippen molar-refractivity contribution in [3.8, 4) is 5.75 Å². The van der Waals surface area contributed by atoms with E-state index >= 15 is 0 Å². The summed E-state index contributed by atoms with van der Waals surface area (Å²) < 4.78 is 30.0. The first-order chi connectivity index (χ1) is 12.4. The smallest absolute Gasteiger partial charge is 0.329 e. The van der Waals surface area contributed by atoms with Crippen molar-refractivity contribution in [2.24, 2.45) is 0 Å². The zero-order valence-electron chi connectivity index (χ0n) is 14.0. The van der Waals surface area contributed by atoms with E-state index in [-0.39, 0.29) is 17.5 Å². The molecule has 2 amide bonds. The van der Waals surface area contributed by atoms with Crippen molar-refractivity contribution in [1.82, 2.24) is 0 Å². The SMILES string of the molecule is COc1ccccc1N1C(=O)N(c2cccc(Cl)c2)[C@@H]2CS(=O)(=O)C[C@@H]21. The van der Waals surface area contributed by atoms with Gasteiger partial charge in [0, 0.05) is 10.7 Å². The molecule has 0 bridgehead atoms. The number of para-hydroxylation sites is 2. The number of hydrogen-bond acceptors (Lipinski definition) is 4. The molecule has 2 fully saturated rings. The number of hydrogen-bond donors (Lipinski definition) is 0. The summed E-state index contributed by atoms with van der Waals surface area (Å²) in [6.07, 6.45) is 0. The molecule has 0 spiro atoms. The number of amides is 2. The van der Waals surface area contributed by atoms with E-state index in [1.807, 2.05) is 0 Å². The number of nitrogens with zero attached hydrogens (tertiary/aromatic N) is 2. The lowest BCUT2D eigenvalue weighted by molar-refractivity contribution is 0.255. The first kappa shape index (κ1) is 17.2. The fourth-order valence-corrected chi connectivity index (χ4v) is 5.85. The molecule has 0 N–H and O–H groups in total. The van der Waals surface area contributed by atoms with E-state index in [1.165, 1.54) is 16.9 Å². The molecule has 0 radical (unpaired) electrons. The summed E-state index contributed by atoms with van der Waals surface area (Å²) >= 11 is 6.08. The van der Waals surface area contributed by atoms with Crippen molar-refractivity contribution in [2.45, 2.75) is 12.1 Å². The lowest BCUT2D eigenvalue weighted by Gasteiger charge is -2.24. The molecule has 0 aromatic heterocycles. The van der Waals surface area contributed by atoms with Crippen molar-refractivity contribution < 1.29 is 17.9 Å². The van der Waals surface area contributed by atoms with Crippen LogP contribution in [0.15, 0.2) is 48.5 Å². The Balaban J connectivity index is 1.84. The molecule has 8 heteroatoms. The Morgan fingerprint density at radius 2 is 1.73 bits per heavy atom. The zero-order chi connectivity index (χ0) is 18.5. The number of halogens is 1. The number of rotatable bonds is 3. The van der Waals surface area contributed by atoms with Crippen molar-refractivity contribution in [1.29, 1.82) is 0 Å². The average Bonchev–Trinajstić information content (AvgIpc) is 3.03. The second-order valence-electron chi connectivity index (χ2n) is 6.39. The van der Waals surface area contributed by atoms with Crippen LogP contribution < -0.4 is 14.5 Å². The van der Waals surface area contributed by atoms with Gasteiger partial charge >= 0.3 is 6.03 Å². The van der Waals surface area contributed by atoms with Gasteiger partial charge in [0.25, 0.3) is 0 Å². The highest BCUT2D eigenvalue weighted by Crippen LogP contribution is 2.41. The van der Waals surface area contributed by atoms with E-state index in [2.05, 4.69) is 0 Å². The fraction of sp³-hybridized carbons (Fsp3) is 0.278. The van der Waals surface area contributed by atoms with Crippen molar-refractivity contribution in [3.63, 3.8) is 0 Å². The predicted octanol–water partition coefficient (Wildman–Crippen LogP) is 2.96. The van der Waals surface area contributed by atoms with Crippen molar-refractivity contribution >= 4 is 38.8 Å². The largest absolute Gasteiger partial charge is 0.495 e. The minimum Gasteiger partial charge on any atom is -0.495 e. The number of methoxy groups -OCH3 is 1. The molecule has 0 saturated carbocycles. The second-order valence-corrected chi connectivity index (χ2v) is 8.98. The van der Waals surface area contributed by atoms with Crippen LogP contribution in [0.25, 0.3) is 0 Å². The van der Waals surface area contributed by atoms with Gasteiger partial charge in [-0.25, -0.2) is 13.2 Å². The van der Waals surface area contributed by atoms with Crippen LogP contribution in [0.2, 0.25) is 5.02 Å². The van der Waals surface area contributed by atoms with Gasteiger partial charge < -0.3 is 4.74 Å². The molecule has 6 nitrogen and oxygen atoms in total. The third-order valence-corrected chi connectivity index (χ3v) is 6.73. The monoisotopic (exact) mass is 392 g/mol. The van der Waals surface area contributed by atoms with Gasteiger partial charge in [-0.2, -0.15) is 0 Å². The van der Waals surface area contributed by atoms with Crippen LogP contribution in [-0.2, 0) is 9.84 Å². The van der Waals surface area contributed by atoms with Gasteiger partial charge in [-0.3, -0.25) is 9.80 Å². The van der Waals surface area contributed by atoms with Gasteiger partial charge in [0.15, 0.2) is 9.84 Å². The maximum atomic E-state index is 13.3. The van der Waals surface area contributed by atoms with E-state index in [0.29, 0.717) is 22.1 Å². The summed E-state index contributed by atoms with van der Waals surface area (Å²) in [4.78, 5) is 16.3. The molecule has 136 valence electrons. The molecule has 2 aromatic rings. The number of benzene rings is 2. The highest BCUT2D eigenvalue weighted by Gasteiger charge is 2.55. The van der Waals surface area contributed by atoms with Crippen LogP contribution in [0.5, 0.6) is 5.75 Å². The Kier molecular flexibility index (Phi) is 4.08. The van der Waals surface area contributed by atoms with Gasteiger partial charge in [0.05, 0.1) is 36.4 Å². The third-order valence-electron chi connectivity index (χ3n) is 4.80. The molecule has 2 heterocycles. The Bertz CT molecular complexity index is 979. The highest BCUT2D eigenvalue weighted by atomic mass is 35.5. The first-order valence-corrected chi connectivity index (χ1v) is 10.3. The van der Waals surface area contributed by atoms with Crippen LogP contribution in [0.4, 0.5) is 16.2 Å². The van der Waals surface area contributed by atoms with Gasteiger partial charge in [0.2, 0.25) is 0 Å². The second kappa shape index (κ2) is 6.17. The number of fused-ring (bicyclic) bond motifs is 1. The first-order valence-electron chi connectivity index (χ1n) is 8.13. The number of ether oxygens (including phenoxy) is 1. The van der Waals surface area contributed by atoms with Crippen LogP contribution in [0, 0.1) is 0 Å². The van der Waals surface area contributed by atoms with E-state index in [9.17, 15) is 13.2 Å². The zero-order valence-corrected chi connectivity index (χ0v) is 15.6. The number of sulfone groups is 1. The average molecular weight is 393 g/mol. The molecule has 2 aliphatic heterocycles. The van der Waals surface area contributed by atoms with Crippen LogP contribution >= 0.6 is 11.6 Å². The Labute approximate surface area is 156 Å². The van der Waals surface area contributed by atoms with Crippen molar-refractivity contribution in [2.75, 3.05) is 28.4 Å². The molecular formula is C18H17ClN2O4S.